The first-order valence-electron chi connectivity index (χ1n) is 5.52. The second kappa shape index (κ2) is 3.52. The molecule has 0 aliphatic heterocycles. The Morgan fingerprint density at radius 2 is 2.19 bits per heavy atom. The van der Waals surface area contributed by atoms with Crippen molar-refractivity contribution in [2.24, 2.45) is 11.7 Å². The molecular formula is C11H17F2N3. The van der Waals surface area contributed by atoms with Gasteiger partial charge >= 0.3 is 0 Å². The number of nitrogens with two attached hydrogens (primary N) is 1. The largest absolute Gasteiger partial charge is 0.329 e. The van der Waals surface area contributed by atoms with Crippen molar-refractivity contribution >= 4 is 0 Å². The lowest BCUT2D eigenvalue weighted by atomic mass is 9.99. The zero-order chi connectivity index (χ0) is 12.0. The molecule has 1 aromatic rings. The van der Waals surface area contributed by atoms with E-state index in [1.165, 1.54) is 6.20 Å². The topological polar surface area (TPSA) is 43.8 Å². The van der Waals surface area contributed by atoms with Gasteiger partial charge < -0.3 is 5.73 Å². The van der Waals surface area contributed by atoms with Crippen molar-refractivity contribution in [3.8, 4) is 0 Å². The van der Waals surface area contributed by atoms with E-state index in [1.54, 1.807) is 10.9 Å². The summed E-state index contributed by atoms with van der Waals surface area (Å²) < 4.78 is 28.3. The van der Waals surface area contributed by atoms with Crippen LogP contribution in [0.1, 0.15) is 25.8 Å². The number of aromatic nitrogens is 2. The minimum absolute atomic E-state index is 0.0205. The molecule has 1 aromatic heterocycles. The molecule has 0 amide bonds. The zero-order valence-corrected chi connectivity index (χ0v) is 9.58. The van der Waals surface area contributed by atoms with Crippen LogP contribution < -0.4 is 5.73 Å². The Balaban J connectivity index is 2.19. The summed E-state index contributed by atoms with van der Waals surface area (Å²) >= 11 is 0. The summed E-state index contributed by atoms with van der Waals surface area (Å²) in [6, 6.07) is 0. The summed E-state index contributed by atoms with van der Waals surface area (Å²) in [5.74, 6) is -2.21. The molecule has 0 spiro atoms. The lowest BCUT2D eigenvalue weighted by Gasteiger charge is -2.11. The molecule has 5 heteroatoms. The molecule has 1 unspecified atom stereocenters. The number of rotatable bonds is 4. The number of hydrogen-bond acceptors (Lipinski definition) is 2. The van der Waals surface area contributed by atoms with Gasteiger partial charge in [0, 0.05) is 31.3 Å². The van der Waals surface area contributed by atoms with Crippen LogP contribution in [0.15, 0.2) is 12.4 Å². The number of hydrogen-bond donors (Lipinski definition) is 1. The summed E-state index contributed by atoms with van der Waals surface area (Å²) in [5.41, 5.74) is 4.89. The molecule has 90 valence electrons. The SMILES string of the molecule is CC(C)Cn1cc(C2(CN)CC2(F)F)cn1. The molecule has 1 aliphatic carbocycles. The number of alkyl halides is 2. The van der Waals surface area contributed by atoms with Crippen LogP contribution in [0.2, 0.25) is 0 Å². The van der Waals surface area contributed by atoms with Crippen LogP contribution in [0, 0.1) is 5.92 Å². The van der Waals surface area contributed by atoms with Gasteiger partial charge in [0.05, 0.1) is 11.6 Å². The average Bonchev–Trinajstić information content (AvgIpc) is 2.57. The van der Waals surface area contributed by atoms with Gasteiger partial charge in [0.1, 0.15) is 0 Å². The Kier molecular flexibility index (Phi) is 2.53. The molecule has 1 saturated carbocycles. The highest BCUT2D eigenvalue weighted by Gasteiger charge is 2.71. The molecule has 0 aromatic carbocycles. The highest BCUT2D eigenvalue weighted by atomic mass is 19.3. The summed E-state index contributed by atoms with van der Waals surface area (Å²) in [7, 11) is 0. The maximum atomic E-state index is 13.3. The Morgan fingerprint density at radius 3 is 2.62 bits per heavy atom. The third-order valence-electron chi connectivity index (χ3n) is 3.19. The van der Waals surface area contributed by atoms with Crippen LogP contribution in [0.3, 0.4) is 0 Å². The van der Waals surface area contributed by atoms with Gasteiger partial charge in [-0.2, -0.15) is 5.10 Å². The van der Waals surface area contributed by atoms with E-state index >= 15 is 0 Å². The molecule has 16 heavy (non-hydrogen) atoms. The van der Waals surface area contributed by atoms with Gasteiger partial charge in [-0.25, -0.2) is 8.78 Å². The molecule has 3 nitrogen and oxygen atoms in total. The molecule has 0 saturated heterocycles. The minimum Gasteiger partial charge on any atom is -0.329 e. The Morgan fingerprint density at radius 1 is 1.56 bits per heavy atom. The highest BCUT2D eigenvalue weighted by molar-refractivity contribution is 5.35. The van der Waals surface area contributed by atoms with Crippen molar-refractivity contribution in [2.45, 2.75) is 38.2 Å². The molecule has 0 bridgehead atoms. The molecule has 1 heterocycles. The first kappa shape index (κ1) is 11.5. The van der Waals surface area contributed by atoms with E-state index in [0.29, 0.717) is 11.5 Å². The Labute approximate surface area is 93.6 Å². The van der Waals surface area contributed by atoms with Crippen LogP contribution in [0.25, 0.3) is 0 Å². The fourth-order valence-electron chi connectivity index (χ4n) is 2.07. The molecule has 0 radical (unpaired) electrons. The Bertz CT molecular complexity index is 386. The van der Waals surface area contributed by atoms with Gasteiger partial charge in [0.25, 0.3) is 5.92 Å². The maximum Gasteiger partial charge on any atom is 0.260 e. The van der Waals surface area contributed by atoms with Gasteiger partial charge in [-0.1, -0.05) is 13.8 Å². The van der Waals surface area contributed by atoms with Gasteiger partial charge in [-0.3, -0.25) is 4.68 Å². The van der Waals surface area contributed by atoms with E-state index in [-0.39, 0.29) is 13.0 Å². The van der Waals surface area contributed by atoms with Crippen LogP contribution in [0.4, 0.5) is 8.78 Å². The van der Waals surface area contributed by atoms with Crippen molar-refractivity contribution in [1.82, 2.24) is 9.78 Å². The molecule has 2 N–H and O–H groups in total. The monoisotopic (exact) mass is 229 g/mol. The third kappa shape index (κ3) is 1.63. The second-order valence-electron chi connectivity index (χ2n) is 5.01. The van der Waals surface area contributed by atoms with Crippen molar-refractivity contribution < 1.29 is 8.78 Å². The summed E-state index contributed by atoms with van der Waals surface area (Å²) in [6.45, 7) is 4.84. The van der Waals surface area contributed by atoms with Crippen LogP contribution in [-0.2, 0) is 12.0 Å². The Hall–Kier alpha value is -0.970. The lowest BCUT2D eigenvalue weighted by molar-refractivity contribution is 0.0896. The fourth-order valence-corrected chi connectivity index (χ4v) is 2.07. The van der Waals surface area contributed by atoms with Crippen molar-refractivity contribution in [3.05, 3.63) is 18.0 Å². The normalized spacial score (nSPS) is 27.4. The smallest absolute Gasteiger partial charge is 0.260 e. The predicted octanol–water partition coefficient (Wildman–Crippen LogP) is 1.77. The van der Waals surface area contributed by atoms with Crippen molar-refractivity contribution in [1.29, 1.82) is 0 Å². The molecule has 1 aliphatic rings. The first-order valence-corrected chi connectivity index (χ1v) is 5.52. The highest BCUT2D eigenvalue weighted by Crippen LogP contribution is 2.60. The zero-order valence-electron chi connectivity index (χ0n) is 9.58. The average molecular weight is 229 g/mol. The van der Waals surface area contributed by atoms with E-state index in [9.17, 15) is 8.78 Å². The maximum absolute atomic E-state index is 13.3. The van der Waals surface area contributed by atoms with Crippen molar-refractivity contribution in [2.75, 3.05) is 6.54 Å². The van der Waals surface area contributed by atoms with Crippen LogP contribution in [-0.4, -0.2) is 22.2 Å². The number of nitrogens with zero attached hydrogens (tertiary/aromatic N) is 2. The van der Waals surface area contributed by atoms with Crippen molar-refractivity contribution in [3.63, 3.8) is 0 Å². The van der Waals surface area contributed by atoms with Crippen LogP contribution >= 0.6 is 0 Å². The van der Waals surface area contributed by atoms with Gasteiger partial charge in [-0.05, 0) is 5.92 Å². The summed E-state index contributed by atoms with van der Waals surface area (Å²) in [5, 5.41) is 4.10. The summed E-state index contributed by atoms with van der Waals surface area (Å²) in [6.07, 6.45) is 3.08. The minimum atomic E-state index is -2.66. The summed E-state index contributed by atoms with van der Waals surface area (Å²) in [4.78, 5) is 0. The quantitative estimate of drug-likeness (QED) is 0.855. The van der Waals surface area contributed by atoms with Gasteiger partial charge in [0.15, 0.2) is 0 Å². The third-order valence-corrected chi connectivity index (χ3v) is 3.19. The van der Waals surface area contributed by atoms with Gasteiger partial charge in [0.2, 0.25) is 0 Å². The van der Waals surface area contributed by atoms with Gasteiger partial charge in [-0.15, -0.1) is 0 Å². The molecular weight excluding hydrogens is 212 g/mol. The number of halogens is 2. The van der Waals surface area contributed by atoms with Crippen LogP contribution in [0.5, 0.6) is 0 Å². The molecule has 1 atom stereocenters. The fraction of sp³-hybridized carbons (Fsp3) is 0.727. The van der Waals surface area contributed by atoms with E-state index in [2.05, 4.69) is 18.9 Å². The molecule has 2 rings (SSSR count). The first-order chi connectivity index (χ1) is 7.41. The standard InChI is InChI=1S/C11H17F2N3/c1-8(2)4-16-5-9(3-15-16)10(7-14)6-11(10,12)13/h3,5,8H,4,6-7,14H2,1-2H3. The molecule has 1 fully saturated rings. The predicted molar refractivity (Wildman–Crippen MR) is 57.4 cm³/mol. The second-order valence-corrected chi connectivity index (χ2v) is 5.01. The van der Waals surface area contributed by atoms with E-state index < -0.39 is 11.3 Å². The lowest BCUT2D eigenvalue weighted by Crippen LogP contribution is -2.26. The van der Waals surface area contributed by atoms with E-state index in [0.717, 1.165) is 6.54 Å². The van der Waals surface area contributed by atoms with E-state index in [4.69, 9.17) is 5.73 Å². The van der Waals surface area contributed by atoms with E-state index in [1.807, 2.05) is 0 Å².